The van der Waals surface area contributed by atoms with E-state index in [1.807, 2.05) is 12.1 Å². The van der Waals surface area contributed by atoms with Crippen LogP contribution in [0.4, 0.5) is 0 Å². The third kappa shape index (κ3) is 4.27. The number of hydrogen-bond acceptors (Lipinski definition) is 3. The van der Waals surface area contributed by atoms with E-state index in [1.165, 1.54) is 0 Å². The Balaban J connectivity index is 2.40. The van der Waals surface area contributed by atoms with E-state index >= 15 is 0 Å². The molecule has 1 aromatic heterocycles. The highest BCUT2D eigenvalue weighted by atomic mass is 16.1. The predicted molar refractivity (Wildman–Crippen MR) is 94.0 cm³/mol. The van der Waals surface area contributed by atoms with Crippen LogP contribution in [-0.2, 0) is 6.54 Å². The lowest BCUT2D eigenvalue weighted by atomic mass is 10.1. The highest BCUT2D eigenvalue weighted by Crippen LogP contribution is 2.12. The number of para-hydroxylation sites is 1. The van der Waals surface area contributed by atoms with Crippen molar-refractivity contribution in [1.29, 1.82) is 0 Å². The number of rotatable bonds is 9. The van der Waals surface area contributed by atoms with Crippen molar-refractivity contribution in [2.75, 3.05) is 0 Å². The summed E-state index contributed by atoms with van der Waals surface area (Å²) in [6, 6.07) is 7.27. The molecule has 23 heavy (non-hydrogen) atoms. The molecule has 124 valence electrons. The summed E-state index contributed by atoms with van der Waals surface area (Å²) in [5, 5.41) is 0.592. The summed E-state index contributed by atoms with van der Waals surface area (Å²) >= 11 is 0. The first-order valence-corrected chi connectivity index (χ1v) is 8.71. The molecule has 0 aliphatic heterocycles. The zero-order chi connectivity index (χ0) is 16.7. The maximum absolute atomic E-state index is 12.7. The molecule has 4 nitrogen and oxygen atoms in total. The second-order valence-electron chi connectivity index (χ2n) is 6.00. The number of carbonyl (C=O) groups excluding carboxylic acids is 1. The van der Waals surface area contributed by atoms with Gasteiger partial charge in [-0.3, -0.25) is 14.2 Å². The molecule has 0 saturated heterocycles. The summed E-state index contributed by atoms with van der Waals surface area (Å²) < 4.78 is 1.59. The van der Waals surface area contributed by atoms with Crippen LogP contribution in [-0.4, -0.2) is 15.3 Å². The molecule has 0 fully saturated rings. The number of ketones is 1. The van der Waals surface area contributed by atoms with Gasteiger partial charge in [-0.2, -0.15) is 0 Å². The summed E-state index contributed by atoms with van der Waals surface area (Å²) in [5.41, 5.74) is 0.522. The highest BCUT2D eigenvalue weighted by molar-refractivity contribution is 5.94. The third-order valence-corrected chi connectivity index (χ3v) is 4.10. The largest absolute Gasteiger partial charge is 0.291 e. The molecule has 0 unspecified atom stereocenters. The molecule has 0 saturated carbocycles. The van der Waals surface area contributed by atoms with Gasteiger partial charge in [0.1, 0.15) is 0 Å². The zero-order valence-electron chi connectivity index (χ0n) is 14.2. The van der Waals surface area contributed by atoms with Crippen LogP contribution in [0.15, 0.2) is 29.1 Å². The van der Waals surface area contributed by atoms with Crippen molar-refractivity contribution in [1.82, 2.24) is 9.55 Å². The fraction of sp³-hybridized carbons (Fsp3) is 0.526. The Kier molecular flexibility index (Phi) is 6.51. The molecule has 0 aliphatic rings. The Labute approximate surface area is 137 Å². The van der Waals surface area contributed by atoms with E-state index in [0.717, 1.165) is 38.5 Å². The van der Waals surface area contributed by atoms with E-state index in [0.29, 0.717) is 29.7 Å². The van der Waals surface area contributed by atoms with Crippen LogP contribution in [0, 0.1) is 0 Å². The number of nitrogens with zero attached hydrogens (tertiary/aromatic N) is 2. The normalized spacial score (nSPS) is 11.0. The fourth-order valence-corrected chi connectivity index (χ4v) is 2.76. The molecule has 0 aliphatic carbocycles. The topological polar surface area (TPSA) is 52.0 Å². The Morgan fingerprint density at radius 1 is 1.04 bits per heavy atom. The van der Waals surface area contributed by atoms with Gasteiger partial charge in [-0.05, 0) is 25.0 Å². The minimum Gasteiger partial charge on any atom is -0.291 e. The van der Waals surface area contributed by atoms with Gasteiger partial charge in [0.15, 0.2) is 11.6 Å². The van der Waals surface area contributed by atoms with E-state index in [9.17, 15) is 9.59 Å². The number of aromatic nitrogens is 2. The smallest absolute Gasteiger partial charge is 0.261 e. The number of unbranched alkanes of at least 4 members (excludes halogenated alkanes) is 4. The third-order valence-electron chi connectivity index (χ3n) is 4.10. The van der Waals surface area contributed by atoms with Gasteiger partial charge in [-0.25, -0.2) is 4.98 Å². The Morgan fingerprint density at radius 3 is 2.48 bits per heavy atom. The van der Waals surface area contributed by atoms with Crippen LogP contribution in [0.1, 0.15) is 69.4 Å². The van der Waals surface area contributed by atoms with Gasteiger partial charge in [0.2, 0.25) is 0 Å². The second-order valence-corrected chi connectivity index (χ2v) is 6.00. The van der Waals surface area contributed by atoms with Crippen molar-refractivity contribution >= 4 is 16.7 Å². The van der Waals surface area contributed by atoms with Gasteiger partial charge in [0, 0.05) is 13.0 Å². The molecule has 0 N–H and O–H groups in total. The van der Waals surface area contributed by atoms with E-state index < -0.39 is 0 Å². The summed E-state index contributed by atoms with van der Waals surface area (Å²) in [4.78, 5) is 29.8. The van der Waals surface area contributed by atoms with Crippen LogP contribution >= 0.6 is 0 Å². The number of Topliss-reactive ketones (excluding diaryl/α,β-unsaturated/α-hetero) is 1. The molecule has 1 heterocycles. The average molecular weight is 314 g/mol. The maximum Gasteiger partial charge on any atom is 0.261 e. The Morgan fingerprint density at radius 2 is 1.74 bits per heavy atom. The molecule has 1 aromatic carbocycles. The van der Waals surface area contributed by atoms with Crippen molar-refractivity contribution in [2.45, 2.75) is 65.3 Å². The second kappa shape index (κ2) is 8.61. The number of fused-ring (bicyclic) bond motifs is 1. The van der Waals surface area contributed by atoms with Crippen LogP contribution in [0.3, 0.4) is 0 Å². The number of carbonyl (C=O) groups is 1. The van der Waals surface area contributed by atoms with Gasteiger partial charge in [0.25, 0.3) is 5.56 Å². The molecule has 4 heteroatoms. The fourth-order valence-electron chi connectivity index (χ4n) is 2.76. The molecule has 0 bridgehead atoms. The van der Waals surface area contributed by atoms with Gasteiger partial charge in [-0.15, -0.1) is 0 Å². The molecule has 0 radical (unpaired) electrons. The lowest BCUT2D eigenvalue weighted by Crippen LogP contribution is -2.28. The van der Waals surface area contributed by atoms with Crippen LogP contribution in [0.25, 0.3) is 10.9 Å². The molecular formula is C19H26N2O2. The first-order valence-electron chi connectivity index (χ1n) is 8.71. The monoisotopic (exact) mass is 314 g/mol. The van der Waals surface area contributed by atoms with E-state index in [-0.39, 0.29) is 11.3 Å². The first kappa shape index (κ1) is 17.4. The molecule has 0 spiro atoms. The standard InChI is InChI=1S/C19H26N2O2/c1-3-5-7-13-17(22)18-20-16-12-9-8-11-15(16)19(23)21(18)14-10-6-4-2/h8-9,11-12H,3-7,10,13-14H2,1-2H3. The number of benzene rings is 1. The number of hydrogen-bond donors (Lipinski definition) is 0. The van der Waals surface area contributed by atoms with Crippen molar-refractivity contribution in [2.24, 2.45) is 0 Å². The summed E-state index contributed by atoms with van der Waals surface area (Å²) in [5.74, 6) is 0.318. The Hall–Kier alpha value is -1.97. The molecule has 2 rings (SSSR count). The van der Waals surface area contributed by atoms with Gasteiger partial charge in [0.05, 0.1) is 10.9 Å². The van der Waals surface area contributed by atoms with Crippen molar-refractivity contribution in [3.05, 3.63) is 40.4 Å². The summed E-state index contributed by atoms with van der Waals surface area (Å²) in [7, 11) is 0. The quantitative estimate of drug-likeness (QED) is 0.511. The SMILES string of the molecule is CCCCCC(=O)c1nc2ccccc2c(=O)n1CCCCC. The minimum absolute atomic E-state index is 0.0159. The van der Waals surface area contributed by atoms with E-state index in [2.05, 4.69) is 18.8 Å². The Bertz CT molecular complexity index is 719. The lowest BCUT2D eigenvalue weighted by Gasteiger charge is -2.12. The molecular weight excluding hydrogens is 288 g/mol. The molecule has 2 aromatic rings. The van der Waals surface area contributed by atoms with Gasteiger partial charge >= 0.3 is 0 Å². The maximum atomic E-state index is 12.7. The minimum atomic E-state index is -0.0921. The van der Waals surface area contributed by atoms with Gasteiger partial charge in [-0.1, -0.05) is 51.7 Å². The van der Waals surface area contributed by atoms with Crippen molar-refractivity contribution in [3.63, 3.8) is 0 Å². The predicted octanol–water partition coefficient (Wildman–Crippen LogP) is 4.35. The van der Waals surface area contributed by atoms with Crippen LogP contribution in [0.2, 0.25) is 0 Å². The van der Waals surface area contributed by atoms with E-state index in [4.69, 9.17) is 0 Å². The molecule has 0 atom stereocenters. The zero-order valence-corrected chi connectivity index (χ0v) is 14.2. The lowest BCUT2D eigenvalue weighted by molar-refractivity contribution is 0.0963. The summed E-state index contributed by atoms with van der Waals surface area (Å²) in [6.45, 7) is 4.80. The van der Waals surface area contributed by atoms with Crippen LogP contribution in [0.5, 0.6) is 0 Å². The highest BCUT2D eigenvalue weighted by Gasteiger charge is 2.16. The van der Waals surface area contributed by atoms with E-state index in [1.54, 1.807) is 16.7 Å². The van der Waals surface area contributed by atoms with Crippen molar-refractivity contribution < 1.29 is 4.79 Å². The van der Waals surface area contributed by atoms with Gasteiger partial charge < -0.3 is 0 Å². The van der Waals surface area contributed by atoms with Crippen molar-refractivity contribution in [3.8, 4) is 0 Å². The molecule has 0 amide bonds. The first-order chi connectivity index (χ1) is 11.2. The van der Waals surface area contributed by atoms with Crippen LogP contribution < -0.4 is 5.56 Å². The average Bonchev–Trinajstić information content (AvgIpc) is 2.57. The summed E-state index contributed by atoms with van der Waals surface area (Å²) in [6.07, 6.45) is 6.43.